The summed E-state index contributed by atoms with van der Waals surface area (Å²) in [4.78, 5) is 11.9. The van der Waals surface area contributed by atoms with Crippen LogP contribution in [0, 0.1) is 5.82 Å². The average Bonchev–Trinajstić information content (AvgIpc) is 2.64. The van der Waals surface area contributed by atoms with Crippen molar-refractivity contribution in [1.82, 2.24) is 0 Å². The van der Waals surface area contributed by atoms with Crippen molar-refractivity contribution < 1.29 is 13.6 Å². The second kappa shape index (κ2) is 4.51. The van der Waals surface area contributed by atoms with Crippen LogP contribution in [0.25, 0.3) is 0 Å². The van der Waals surface area contributed by atoms with Crippen molar-refractivity contribution in [3.8, 4) is 0 Å². The molecule has 1 aromatic carbocycles. The van der Waals surface area contributed by atoms with Gasteiger partial charge >= 0.3 is 0 Å². The molecular weight excluding hydrogens is 343 g/mol. The van der Waals surface area contributed by atoms with E-state index in [4.69, 9.17) is 4.42 Å². The predicted octanol–water partition coefficient (Wildman–Crippen LogP) is 4.17. The summed E-state index contributed by atoms with van der Waals surface area (Å²) in [5.74, 6) is -0.485. The molecule has 0 N–H and O–H groups in total. The standard InChI is InChI=1S/C11H5Br2FO2/c12-8-5-6(14)1-2-7(8)11(15)9-3-4-10(13)16-9/h1-5H. The summed E-state index contributed by atoms with van der Waals surface area (Å²) < 4.78 is 18.9. The molecule has 0 amide bonds. The van der Waals surface area contributed by atoms with Gasteiger partial charge in [0, 0.05) is 10.0 Å². The molecular formula is C11H5Br2FO2. The normalized spacial score (nSPS) is 10.4. The first-order chi connectivity index (χ1) is 7.58. The van der Waals surface area contributed by atoms with Crippen LogP contribution in [-0.2, 0) is 0 Å². The highest BCUT2D eigenvalue weighted by molar-refractivity contribution is 9.10. The summed E-state index contributed by atoms with van der Waals surface area (Å²) in [5, 5.41) is 0. The van der Waals surface area contributed by atoms with Crippen molar-refractivity contribution >= 4 is 37.6 Å². The fourth-order valence-corrected chi connectivity index (χ4v) is 2.08. The van der Waals surface area contributed by atoms with Crippen LogP contribution >= 0.6 is 31.9 Å². The lowest BCUT2D eigenvalue weighted by Crippen LogP contribution is -2.00. The molecule has 2 aromatic rings. The minimum atomic E-state index is -0.399. The zero-order valence-electron chi connectivity index (χ0n) is 7.84. The molecule has 0 spiro atoms. The van der Waals surface area contributed by atoms with E-state index < -0.39 is 5.82 Å². The molecule has 2 rings (SSSR count). The Labute approximate surface area is 108 Å². The molecule has 0 atom stereocenters. The van der Waals surface area contributed by atoms with Gasteiger partial charge in [0.25, 0.3) is 0 Å². The average molecular weight is 348 g/mol. The topological polar surface area (TPSA) is 30.2 Å². The minimum Gasteiger partial charge on any atom is -0.446 e. The van der Waals surface area contributed by atoms with Gasteiger partial charge in [0.2, 0.25) is 5.78 Å². The molecule has 0 saturated carbocycles. The highest BCUT2D eigenvalue weighted by Gasteiger charge is 2.16. The Morgan fingerprint density at radius 3 is 2.50 bits per heavy atom. The van der Waals surface area contributed by atoms with E-state index in [9.17, 15) is 9.18 Å². The summed E-state index contributed by atoms with van der Waals surface area (Å²) in [6.07, 6.45) is 0. The van der Waals surface area contributed by atoms with Gasteiger partial charge in [-0.05, 0) is 62.2 Å². The summed E-state index contributed by atoms with van der Waals surface area (Å²) in [5.41, 5.74) is 0.364. The summed E-state index contributed by atoms with van der Waals surface area (Å²) in [6, 6.07) is 7.08. The molecule has 0 bridgehead atoms. The Kier molecular flexibility index (Phi) is 3.25. The zero-order chi connectivity index (χ0) is 11.7. The lowest BCUT2D eigenvalue weighted by atomic mass is 10.1. The summed E-state index contributed by atoms with van der Waals surface area (Å²) in [7, 11) is 0. The van der Waals surface area contributed by atoms with Gasteiger partial charge in [-0.15, -0.1) is 0 Å². The van der Waals surface area contributed by atoms with E-state index in [0.717, 1.165) is 0 Å². The van der Waals surface area contributed by atoms with Crippen molar-refractivity contribution in [2.24, 2.45) is 0 Å². The first kappa shape index (κ1) is 11.5. The van der Waals surface area contributed by atoms with E-state index in [2.05, 4.69) is 31.9 Å². The number of furan rings is 1. The molecule has 0 fully saturated rings. The molecule has 5 heteroatoms. The van der Waals surface area contributed by atoms with Gasteiger partial charge in [0.05, 0.1) is 0 Å². The molecule has 0 aliphatic rings. The number of halogens is 3. The SMILES string of the molecule is O=C(c1ccc(Br)o1)c1ccc(F)cc1Br. The molecule has 0 saturated heterocycles. The number of carbonyl (C=O) groups excluding carboxylic acids is 1. The monoisotopic (exact) mass is 346 g/mol. The summed E-state index contributed by atoms with van der Waals surface area (Å²) >= 11 is 6.25. The van der Waals surface area contributed by atoms with E-state index in [1.165, 1.54) is 18.2 Å². The fraction of sp³-hybridized carbons (Fsp3) is 0. The van der Waals surface area contributed by atoms with E-state index in [1.54, 1.807) is 12.1 Å². The third-order valence-electron chi connectivity index (χ3n) is 1.97. The van der Waals surface area contributed by atoms with Crippen LogP contribution in [-0.4, -0.2) is 5.78 Å². The highest BCUT2D eigenvalue weighted by atomic mass is 79.9. The van der Waals surface area contributed by atoms with Crippen LogP contribution < -0.4 is 0 Å². The molecule has 0 aliphatic carbocycles. The smallest absolute Gasteiger partial charge is 0.229 e. The van der Waals surface area contributed by atoms with E-state index >= 15 is 0 Å². The van der Waals surface area contributed by atoms with Gasteiger partial charge in [0.15, 0.2) is 10.4 Å². The van der Waals surface area contributed by atoms with Crippen molar-refractivity contribution in [1.29, 1.82) is 0 Å². The lowest BCUT2D eigenvalue weighted by molar-refractivity contribution is 0.101. The predicted molar refractivity (Wildman–Crippen MR) is 63.9 cm³/mol. The quantitative estimate of drug-likeness (QED) is 0.763. The fourth-order valence-electron chi connectivity index (χ4n) is 1.24. The third kappa shape index (κ3) is 2.25. The van der Waals surface area contributed by atoms with Gasteiger partial charge in [0.1, 0.15) is 5.82 Å². The Morgan fingerprint density at radius 1 is 1.19 bits per heavy atom. The number of hydrogen-bond acceptors (Lipinski definition) is 2. The van der Waals surface area contributed by atoms with Crippen LogP contribution in [0.1, 0.15) is 16.1 Å². The molecule has 2 nitrogen and oxygen atoms in total. The lowest BCUT2D eigenvalue weighted by Gasteiger charge is -2.01. The highest BCUT2D eigenvalue weighted by Crippen LogP contribution is 2.23. The third-order valence-corrected chi connectivity index (χ3v) is 3.06. The maximum Gasteiger partial charge on any atom is 0.229 e. The first-order valence-electron chi connectivity index (χ1n) is 4.33. The Bertz CT molecular complexity index is 549. The molecule has 0 unspecified atom stereocenters. The number of hydrogen-bond donors (Lipinski definition) is 0. The van der Waals surface area contributed by atoms with Crippen molar-refractivity contribution in [3.05, 3.63) is 56.6 Å². The number of carbonyl (C=O) groups is 1. The molecule has 1 aromatic heterocycles. The Balaban J connectivity index is 2.41. The van der Waals surface area contributed by atoms with E-state index in [-0.39, 0.29) is 11.5 Å². The van der Waals surface area contributed by atoms with Crippen LogP contribution in [0.2, 0.25) is 0 Å². The van der Waals surface area contributed by atoms with E-state index in [1.807, 2.05) is 0 Å². The molecule has 0 radical (unpaired) electrons. The van der Waals surface area contributed by atoms with Gasteiger partial charge in [-0.1, -0.05) is 0 Å². The second-order valence-corrected chi connectivity index (χ2v) is 4.69. The van der Waals surface area contributed by atoms with Crippen molar-refractivity contribution in [3.63, 3.8) is 0 Å². The van der Waals surface area contributed by atoms with E-state index in [0.29, 0.717) is 14.7 Å². The maximum absolute atomic E-state index is 12.8. The molecule has 1 heterocycles. The largest absolute Gasteiger partial charge is 0.446 e. The Morgan fingerprint density at radius 2 is 1.94 bits per heavy atom. The minimum absolute atomic E-state index is 0.208. The molecule has 0 aliphatic heterocycles. The first-order valence-corrected chi connectivity index (χ1v) is 5.91. The van der Waals surface area contributed by atoms with Gasteiger partial charge in [-0.3, -0.25) is 4.79 Å². The Hall–Kier alpha value is -0.940. The number of ketones is 1. The molecule has 82 valence electrons. The number of rotatable bonds is 2. The van der Waals surface area contributed by atoms with Crippen LogP contribution in [0.4, 0.5) is 4.39 Å². The van der Waals surface area contributed by atoms with Gasteiger partial charge in [-0.25, -0.2) is 4.39 Å². The maximum atomic E-state index is 12.8. The molecule has 16 heavy (non-hydrogen) atoms. The van der Waals surface area contributed by atoms with Crippen molar-refractivity contribution in [2.75, 3.05) is 0 Å². The van der Waals surface area contributed by atoms with Crippen LogP contribution in [0.15, 0.2) is 43.9 Å². The van der Waals surface area contributed by atoms with Gasteiger partial charge in [-0.2, -0.15) is 0 Å². The van der Waals surface area contributed by atoms with Gasteiger partial charge < -0.3 is 4.42 Å². The number of benzene rings is 1. The second-order valence-electron chi connectivity index (χ2n) is 3.06. The zero-order valence-corrected chi connectivity index (χ0v) is 11.0. The van der Waals surface area contributed by atoms with Crippen LogP contribution in [0.3, 0.4) is 0 Å². The van der Waals surface area contributed by atoms with Crippen molar-refractivity contribution in [2.45, 2.75) is 0 Å². The van der Waals surface area contributed by atoms with Crippen LogP contribution in [0.5, 0.6) is 0 Å². The summed E-state index contributed by atoms with van der Waals surface area (Å²) in [6.45, 7) is 0.